The molecule has 0 saturated carbocycles. The molecule has 0 aliphatic heterocycles. The Labute approximate surface area is 183 Å². The van der Waals surface area contributed by atoms with Gasteiger partial charge >= 0.3 is 0 Å². The number of amides is 1. The molecule has 8 heteroatoms. The number of hydrogen-bond donors (Lipinski definition) is 1. The number of carbonyl (C=O) groups excluding carboxylic acids is 1. The van der Waals surface area contributed by atoms with Gasteiger partial charge in [0.05, 0.1) is 12.2 Å². The summed E-state index contributed by atoms with van der Waals surface area (Å²) in [6, 6.07) is 19.1. The van der Waals surface area contributed by atoms with E-state index in [0.29, 0.717) is 30.2 Å². The molecule has 0 aliphatic carbocycles. The van der Waals surface area contributed by atoms with Crippen LogP contribution in [-0.2, 0) is 19.7 Å². The van der Waals surface area contributed by atoms with Crippen LogP contribution < -0.4 is 10.5 Å². The minimum atomic E-state index is -0.261. The van der Waals surface area contributed by atoms with Crippen LogP contribution in [0.25, 0.3) is 10.1 Å². The van der Waals surface area contributed by atoms with Gasteiger partial charge in [0.1, 0.15) is 12.9 Å². The smallest absolute Gasteiger partial charge is 0.268 e. The van der Waals surface area contributed by atoms with E-state index in [2.05, 4.69) is 22.1 Å². The molecule has 2 heterocycles. The van der Waals surface area contributed by atoms with Crippen molar-refractivity contribution in [1.29, 1.82) is 0 Å². The minimum absolute atomic E-state index is 0.261. The van der Waals surface area contributed by atoms with E-state index < -0.39 is 0 Å². The van der Waals surface area contributed by atoms with Crippen molar-refractivity contribution in [3.05, 3.63) is 88.7 Å². The summed E-state index contributed by atoms with van der Waals surface area (Å²) < 4.78 is 8.08. The molecule has 2 aromatic heterocycles. The Balaban J connectivity index is 1.42. The normalized spacial score (nSPS) is 10.9. The summed E-state index contributed by atoms with van der Waals surface area (Å²) in [5.41, 5.74) is 7.61. The second kappa shape index (κ2) is 9.21. The van der Waals surface area contributed by atoms with E-state index in [-0.39, 0.29) is 12.5 Å². The second-order valence-corrected chi connectivity index (χ2v) is 8.19. The van der Waals surface area contributed by atoms with E-state index in [1.54, 1.807) is 35.6 Å². The lowest BCUT2D eigenvalue weighted by molar-refractivity contribution is 0.0858. The van der Waals surface area contributed by atoms with E-state index >= 15 is 0 Å². The molecule has 4 rings (SSSR count). The fourth-order valence-corrected chi connectivity index (χ4v) is 4.33. The first-order valence-electron chi connectivity index (χ1n) is 9.30. The number of nitrogens with two attached hydrogens (primary N) is 1. The van der Waals surface area contributed by atoms with Crippen LogP contribution in [0.1, 0.15) is 26.5 Å². The molecule has 2 aromatic carbocycles. The third-order valence-electron chi connectivity index (χ3n) is 4.46. The number of nitrogens with zero attached hydrogens (tertiary/aromatic N) is 3. The molecule has 0 atom stereocenters. The first-order chi connectivity index (χ1) is 14.6. The lowest BCUT2D eigenvalue weighted by Crippen LogP contribution is -2.20. The zero-order chi connectivity index (χ0) is 20.9. The highest BCUT2D eigenvalue weighted by atomic mass is 35.5. The molecule has 0 spiro atoms. The Morgan fingerprint density at radius 2 is 1.97 bits per heavy atom. The van der Waals surface area contributed by atoms with Gasteiger partial charge in [-0.15, -0.1) is 11.3 Å². The van der Waals surface area contributed by atoms with E-state index in [4.69, 9.17) is 22.2 Å². The van der Waals surface area contributed by atoms with Gasteiger partial charge in [-0.3, -0.25) is 4.79 Å². The van der Waals surface area contributed by atoms with E-state index in [0.717, 1.165) is 15.8 Å². The fourth-order valence-electron chi connectivity index (χ4n) is 2.98. The van der Waals surface area contributed by atoms with Crippen molar-refractivity contribution in [3.8, 4) is 5.88 Å². The van der Waals surface area contributed by atoms with Crippen LogP contribution >= 0.6 is 23.1 Å². The summed E-state index contributed by atoms with van der Waals surface area (Å²) in [6.45, 7) is 0.915. The number of aromatic nitrogens is 2. The Hall–Kier alpha value is -3.00. The molecular formula is C22H19ClN4O2S. The SMILES string of the molecule is NCc1cc(OCc2cccc(C(=O)N(Cl)Cc3cc4ccccc4s3)c2)ncn1. The first-order valence-corrected chi connectivity index (χ1v) is 10.5. The van der Waals surface area contributed by atoms with Crippen molar-refractivity contribution >= 4 is 39.1 Å². The highest BCUT2D eigenvalue weighted by Crippen LogP contribution is 2.27. The third-order valence-corrected chi connectivity index (χ3v) is 5.83. The summed E-state index contributed by atoms with van der Waals surface area (Å²) >= 11 is 7.95. The monoisotopic (exact) mass is 438 g/mol. The van der Waals surface area contributed by atoms with Crippen LogP contribution in [0.15, 0.2) is 67.0 Å². The van der Waals surface area contributed by atoms with Crippen molar-refractivity contribution in [2.45, 2.75) is 19.7 Å². The average Bonchev–Trinajstić information content (AvgIpc) is 3.19. The van der Waals surface area contributed by atoms with Gasteiger partial charge in [0.15, 0.2) is 0 Å². The van der Waals surface area contributed by atoms with Gasteiger partial charge in [0.2, 0.25) is 5.88 Å². The summed E-state index contributed by atoms with van der Waals surface area (Å²) in [6.07, 6.45) is 1.41. The van der Waals surface area contributed by atoms with Crippen LogP contribution in [0, 0.1) is 0 Å². The van der Waals surface area contributed by atoms with Crippen molar-refractivity contribution < 1.29 is 9.53 Å². The van der Waals surface area contributed by atoms with Gasteiger partial charge in [-0.1, -0.05) is 30.3 Å². The molecule has 30 heavy (non-hydrogen) atoms. The van der Waals surface area contributed by atoms with Gasteiger partial charge in [-0.05, 0) is 35.2 Å². The number of fused-ring (bicyclic) bond motifs is 1. The van der Waals surface area contributed by atoms with Crippen molar-refractivity contribution in [2.24, 2.45) is 5.73 Å². The lowest BCUT2D eigenvalue weighted by Gasteiger charge is -2.14. The van der Waals surface area contributed by atoms with E-state index in [1.807, 2.05) is 24.3 Å². The quantitative estimate of drug-likeness (QED) is 0.429. The van der Waals surface area contributed by atoms with Gasteiger partial charge in [0.25, 0.3) is 5.91 Å². The highest BCUT2D eigenvalue weighted by Gasteiger charge is 2.16. The topological polar surface area (TPSA) is 81.3 Å². The van der Waals surface area contributed by atoms with Crippen LogP contribution in [0.3, 0.4) is 0 Å². The number of rotatable bonds is 7. The lowest BCUT2D eigenvalue weighted by atomic mass is 10.1. The number of carbonyl (C=O) groups is 1. The average molecular weight is 439 g/mol. The van der Waals surface area contributed by atoms with E-state index in [9.17, 15) is 4.79 Å². The molecule has 0 bridgehead atoms. The molecule has 0 radical (unpaired) electrons. The Morgan fingerprint density at radius 1 is 1.10 bits per heavy atom. The van der Waals surface area contributed by atoms with Gasteiger partial charge in [-0.25, -0.2) is 14.4 Å². The molecule has 6 nitrogen and oxygen atoms in total. The standard InChI is InChI=1S/C22H19ClN4O2S/c23-27(12-19-9-16-5-1-2-7-20(16)30-19)22(28)17-6-3-4-15(8-17)13-29-21-10-18(11-24)25-14-26-21/h1-10,14H,11-13,24H2. The number of thiophene rings is 1. The molecule has 0 unspecified atom stereocenters. The predicted molar refractivity (Wildman–Crippen MR) is 118 cm³/mol. The second-order valence-electron chi connectivity index (χ2n) is 6.62. The van der Waals surface area contributed by atoms with Crippen LogP contribution in [0.5, 0.6) is 5.88 Å². The molecule has 2 N–H and O–H groups in total. The minimum Gasteiger partial charge on any atom is -0.473 e. The Morgan fingerprint density at radius 3 is 2.80 bits per heavy atom. The summed E-state index contributed by atoms with van der Waals surface area (Å²) in [4.78, 5) is 21.9. The Kier molecular flexibility index (Phi) is 6.23. The number of hydrogen-bond acceptors (Lipinski definition) is 6. The molecule has 152 valence electrons. The first kappa shape index (κ1) is 20.3. The number of benzene rings is 2. The molecular weight excluding hydrogens is 420 g/mol. The van der Waals surface area contributed by atoms with E-state index in [1.165, 1.54) is 15.4 Å². The Bertz CT molecular complexity index is 1150. The summed E-state index contributed by atoms with van der Waals surface area (Å²) in [5.74, 6) is 0.175. The van der Waals surface area contributed by atoms with Crippen LogP contribution in [0.4, 0.5) is 0 Å². The van der Waals surface area contributed by atoms with Crippen molar-refractivity contribution in [3.63, 3.8) is 0 Å². The van der Waals surface area contributed by atoms with Gasteiger partial charge in [0, 0.05) is 39.5 Å². The molecule has 0 fully saturated rings. The molecule has 0 saturated heterocycles. The van der Waals surface area contributed by atoms with Crippen LogP contribution in [0.2, 0.25) is 0 Å². The maximum atomic E-state index is 12.8. The maximum Gasteiger partial charge on any atom is 0.268 e. The van der Waals surface area contributed by atoms with Crippen molar-refractivity contribution in [2.75, 3.05) is 0 Å². The number of ether oxygens (including phenoxy) is 1. The molecule has 0 aliphatic rings. The van der Waals surface area contributed by atoms with Gasteiger partial charge < -0.3 is 10.5 Å². The molecule has 4 aromatic rings. The highest BCUT2D eigenvalue weighted by molar-refractivity contribution is 7.19. The third kappa shape index (κ3) is 4.76. The maximum absolute atomic E-state index is 12.8. The summed E-state index contributed by atoms with van der Waals surface area (Å²) in [5, 5.41) is 1.15. The zero-order valence-electron chi connectivity index (χ0n) is 16.0. The zero-order valence-corrected chi connectivity index (χ0v) is 17.6. The summed E-state index contributed by atoms with van der Waals surface area (Å²) in [7, 11) is 0. The molecule has 1 amide bonds. The van der Waals surface area contributed by atoms with Crippen molar-refractivity contribution in [1.82, 2.24) is 14.4 Å². The fraction of sp³-hybridized carbons (Fsp3) is 0.136. The number of halogens is 1. The van der Waals surface area contributed by atoms with Gasteiger partial charge in [-0.2, -0.15) is 0 Å². The van der Waals surface area contributed by atoms with Crippen LogP contribution in [-0.4, -0.2) is 20.3 Å². The predicted octanol–water partition coefficient (Wildman–Crippen LogP) is 4.53. The largest absolute Gasteiger partial charge is 0.473 e.